The predicted octanol–water partition coefficient (Wildman–Crippen LogP) is 1.46. The maximum absolute atomic E-state index is 12.7. The molecule has 0 unspecified atom stereocenters. The van der Waals surface area contributed by atoms with E-state index in [2.05, 4.69) is 9.71 Å². The second-order valence-corrected chi connectivity index (χ2v) is 8.50. The molecule has 2 aliphatic heterocycles. The van der Waals surface area contributed by atoms with Gasteiger partial charge in [-0.25, -0.2) is 13.1 Å². The number of amides is 1. The molecule has 124 valence electrons. The number of carbonyl (C=O) groups is 1. The summed E-state index contributed by atoms with van der Waals surface area (Å²) in [5.41, 5.74) is 0.367. The van der Waals surface area contributed by atoms with Crippen LogP contribution in [0.1, 0.15) is 12.8 Å². The van der Waals surface area contributed by atoms with Gasteiger partial charge in [-0.15, -0.1) is 0 Å². The number of hydrogen-bond donors (Lipinski definition) is 1. The lowest BCUT2D eigenvalue weighted by molar-refractivity contribution is -0.125. The Hall–Kier alpha value is -1.99. The predicted molar refractivity (Wildman–Crippen MR) is 85.4 cm³/mol. The molecule has 2 bridgehead atoms. The summed E-state index contributed by atoms with van der Waals surface area (Å²) in [6.45, 7) is 0. The normalized spacial score (nSPS) is 33.4. The zero-order chi connectivity index (χ0) is 16.5. The average molecular weight is 344 g/mol. The van der Waals surface area contributed by atoms with Crippen molar-refractivity contribution in [3.8, 4) is 0 Å². The van der Waals surface area contributed by atoms with Crippen LogP contribution in [0.2, 0.25) is 0 Å². The number of hydrogen-bond acceptors (Lipinski definition) is 5. The first-order valence-electron chi connectivity index (χ1n) is 8.10. The number of para-hydroxylation sites is 1. The van der Waals surface area contributed by atoms with E-state index in [9.17, 15) is 13.2 Å². The molecule has 1 N–H and O–H groups in total. The van der Waals surface area contributed by atoms with Crippen molar-refractivity contribution in [2.75, 3.05) is 0 Å². The molecule has 24 heavy (non-hydrogen) atoms. The van der Waals surface area contributed by atoms with Crippen molar-refractivity contribution in [2.45, 2.75) is 29.9 Å². The lowest BCUT2D eigenvalue weighted by atomic mass is 9.89. The Labute approximate surface area is 139 Å². The van der Waals surface area contributed by atoms with E-state index in [1.165, 1.54) is 6.07 Å². The fourth-order valence-corrected chi connectivity index (χ4v) is 5.47. The molecule has 3 heterocycles. The number of sulfonamides is 1. The summed E-state index contributed by atoms with van der Waals surface area (Å²) in [5, 5.41) is 0.719. The Morgan fingerprint density at radius 2 is 2.00 bits per heavy atom. The molecule has 6 nitrogen and oxygen atoms in total. The highest BCUT2D eigenvalue weighted by Gasteiger charge is 2.64. The lowest BCUT2D eigenvalue weighted by Crippen LogP contribution is -2.40. The van der Waals surface area contributed by atoms with Crippen LogP contribution in [-0.4, -0.2) is 31.5 Å². The van der Waals surface area contributed by atoms with Crippen LogP contribution in [0.15, 0.2) is 41.4 Å². The van der Waals surface area contributed by atoms with E-state index in [-0.39, 0.29) is 23.0 Å². The first-order valence-corrected chi connectivity index (χ1v) is 9.59. The summed E-state index contributed by atoms with van der Waals surface area (Å²) >= 11 is 0. The van der Waals surface area contributed by atoms with Crippen molar-refractivity contribution in [2.24, 2.45) is 17.8 Å². The Morgan fingerprint density at radius 1 is 1.17 bits per heavy atom. The molecule has 1 amide bonds. The Bertz CT molecular complexity index is 953. The van der Waals surface area contributed by atoms with Crippen molar-refractivity contribution >= 4 is 26.8 Å². The molecule has 1 aliphatic carbocycles. The van der Waals surface area contributed by atoms with Gasteiger partial charge >= 0.3 is 0 Å². The van der Waals surface area contributed by atoms with Crippen LogP contribution in [-0.2, 0) is 19.6 Å². The van der Waals surface area contributed by atoms with Crippen molar-refractivity contribution in [3.63, 3.8) is 0 Å². The maximum Gasteiger partial charge on any atom is 0.266 e. The second-order valence-electron chi connectivity index (χ2n) is 6.85. The standard InChI is InChI=1S/C17H16N2O4S/c20-17(12-8-13-10-7-11(10)16(12)23-13)19-24(21,22)14-5-1-3-9-4-2-6-18-15(9)14/h1-6,10-13,16H,7-8H2,(H,19,20)/t10-,11+,12-,13+,16+/m1/s1. The molecule has 1 aromatic carbocycles. The highest BCUT2D eigenvalue weighted by Crippen LogP contribution is 2.60. The van der Waals surface area contributed by atoms with Crippen molar-refractivity contribution < 1.29 is 17.9 Å². The number of nitrogens with one attached hydrogen (secondary N) is 1. The van der Waals surface area contributed by atoms with Crippen molar-refractivity contribution in [3.05, 3.63) is 36.5 Å². The molecule has 2 aromatic rings. The topological polar surface area (TPSA) is 85.4 Å². The van der Waals surface area contributed by atoms with Crippen molar-refractivity contribution in [1.29, 1.82) is 0 Å². The number of pyridine rings is 1. The maximum atomic E-state index is 12.7. The number of aromatic nitrogens is 1. The van der Waals surface area contributed by atoms with E-state index >= 15 is 0 Å². The zero-order valence-electron chi connectivity index (χ0n) is 12.8. The molecular formula is C17H16N2O4S. The van der Waals surface area contributed by atoms with Crippen LogP contribution >= 0.6 is 0 Å². The van der Waals surface area contributed by atoms with Gasteiger partial charge in [0.05, 0.1) is 23.6 Å². The third-order valence-electron chi connectivity index (χ3n) is 5.46. The number of nitrogens with zero attached hydrogens (tertiary/aromatic N) is 1. The van der Waals surface area contributed by atoms with Gasteiger partial charge < -0.3 is 4.74 Å². The fourth-order valence-electron chi connectivity index (χ4n) is 4.26. The van der Waals surface area contributed by atoms with Crippen LogP contribution in [0.5, 0.6) is 0 Å². The first-order chi connectivity index (χ1) is 11.5. The molecule has 3 aliphatic rings. The quantitative estimate of drug-likeness (QED) is 0.911. The van der Waals surface area contributed by atoms with Gasteiger partial charge in [-0.3, -0.25) is 9.78 Å². The molecule has 1 aromatic heterocycles. The molecular weight excluding hydrogens is 328 g/mol. The minimum atomic E-state index is -3.96. The van der Waals surface area contributed by atoms with Gasteiger partial charge in [0.2, 0.25) is 5.91 Å². The van der Waals surface area contributed by atoms with Crippen molar-refractivity contribution in [1.82, 2.24) is 9.71 Å². The van der Waals surface area contributed by atoms with E-state index < -0.39 is 15.9 Å². The smallest absolute Gasteiger partial charge is 0.266 e. The van der Waals surface area contributed by atoms with Gasteiger partial charge in [-0.2, -0.15) is 0 Å². The van der Waals surface area contributed by atoms with Crippen LogP contribution < -0.4 is 4.72 Å². The summed E-state index contributed by atoms with van der Waals surface area (Å²) in [5.74, 6) is 0.219. The van der Waals surface area contributed by atoms with Gasteiger partial charge in [-0.1, -0.05) is 18.2 Å². The van der Waals surface area contributed by atoms with Gasteiger partial charge in [0.1, 0.15) is 4.90 Å². The van der Waals surface area contributed by atoms with E-state index in [0.717, 1.165) is 11.8 Å². The largest absolute Gasteiger partial charge is 0.374 e. The Balaban J connectivity index is 1.44. The molecule has 0 spiro atoms. The number of benzene rings is 1. The van der Waals surface area contributed by atoms with Crippen LogP contribution in [0.25, 0.3) is 10.9 Å². The van der Waals surface area contributed by atoms with Gasteiger partial charge in [0.25, 0.3) is 10.0 Å². The summed E-state index contributed by atoms with van der Waals surface area (Å²) < 4.78 is 33.4. The van der Waals surface area contributed by atoms with Gasteiger partial charge in [-0.05, 0) is 36.8 Å². The molecule has 5 rings (SSSR count). The number of ether oxygens (including phenoxy) is 1. The third-order valence-corrected chi connectivity index (χ3v) is 6.84. The summed E-state index contributed by atoms with van der Waals surface area (Å²) in [4.78, 5) is 16.7. The molecule has 3 fully saturated rings. The number of carbonyl (C=O) groups excluding carboxylic acids is 1. The first kappa shape index (κ1) is 14.4. The summed E-state index contributed by atoms with van der Waals surface area (Å²) in [6.07, 6.45) is 3.30. The molecule has 0 radical (unpaired) electrons. The molecule has 5 atom stereocenters. The summed E-state index contributed by atoms with van der Waals surface area (Å²) in [7, 11) is -3.96. The lowest BCUT2D eigenvalue weighted by Gasteiger charge is -2.18. The summed E-state index contributed by atoms with van der Waals surface area (Å²) in [6, 6.07) is 8.45. The average Bonchev–Trinajstić information content (AvgIpc) is 3.17. The highest BCUT2D eigenvalue weighted by atomic mass is 32.2. The Morgan fingerprint density at radius 3 is 2.79 bits per heavy atom. The molecule has 7 heteroatoms. The van der Waals surface area contributed by atoms with Gasteiger partial charge in [0, 0.05) is 11.6 Å². The van der Waals surface area contributed by atoms with E-state index in [4.69, 9.17) is 4.74 Å². The van der Waals surface area contributed by atoms with E-state index in [1.807, 2.05) is 0 Å². The molecule has 2 saturated heterocycles. The van der Waals surface area contributed by atoms with Crippen LogP contribution in [0.3, 0.4) is 0 Å². The second kappa shape index (κ2) is 4.77. The van der Waals surface area contributed by atoms with Crippen LogP contribution in [0, 0.1) is 17.8 Å². The van der Waals surface area contributed by atoms with Crippen LogP contribution in [0.4, 0.5) is 0 Å². The highest BCUT2D eigenvalue weighted by molar-refractivity contribution is 7.90. The van der Waals surface area contributed by atoms with Gasteiger partial charge in [0.15, 0.2) is 0 Å². The molecule has 1 saturated carbocycles. The minimum absolute atomic E-state index is 0.0299. The minimum Gasteiger partial charge on any atom is -0.374 e. The SMILES string of the molecule is O=C(NS(=O)(=O)c1cccc2cccnc12)[C@@H]1C[C@@H]2O[C@H]1[C@H]1C[C@H]12. The number of rotatable bonds is 3. The fraction of sp³-hybridized carbons (Fsp3) is 0.412. The van der Waals surface area contributed by atoms with E-state index in [1.54, 1.807) is 30.5 Å². The monoisotopic (exact) mass is 344 g/mol. The third kappa shape index (κ3) is 2.01. The number of fused-ring (bicyclic) bond motifs is 6. The Kier molecular flexibility index (Phi) is 2.85. The zero-order valence-corrected chi connectivity index (χ0v) is 13.6. The van der Waals surface area contributed by atoms with E-state index in [0.29, 0.717) is 23.8 Å².